The highest BCUT2D eigenvalue weighted by atomic mass is 35.5. The van der Waals surface area contributed by atoms with Crippen LogP contribution in [0, 0.1) is 12.8 Å². The summed E-state index contributed by atoms with van der Waals surface area (Å²) in [5, 5.41) is 5.02. The van der Waals surface area contributed by atoms with Gasteiger partial charge in [0.05, 0.1) is 19.3 Å². The molecule has 0 atom stereocenters. The summed E-state index contributed by atoms with van der Waals surface area (Å²) in [4.78, 5) is 28.5. The van der Waals surface area contributed by atoms with Crippen molar-refractivity contribution in [3.8, 4) is 5.75 Å². The van der Waals surface area contributed by atoms with Crippen molar-refractivity contribution in [2.45, 2.75) is 26.3 Å². The number of amides is 2. The van der Waals surface area contributed by atoms with E-state index in [1.54, 1.807) is 28.8 Å². The predicted octanol–water partition coefficient (Wildman–Crippen LogP) is 3.00. The van der Waals surface area contributed by atoms with Gasteiger partial charge in [-0.1, -0.05) is 23.7 Å². The van der Waals surface area contributed by atoms with E-state index in [-0.39, 0.29) is 17.7 Å². The molecule has 0 bridgehead atoms. The van der Waals surface area contributed by atoms with Crippen LogP contribution in [0.15, 0.2) is 30.3 Å². The molecule has 8 heteroatoms. The van der Waals surface area contributed by atoms with Gasteiger partial charge in [-0.05, 0) is 43.5 Å². The minimum Gasteiger partial charge on any atom is -0.497 e. The molecule has 164 valence electrons. The fourth-order valence-corrected chi connectivity index (χ4v) is 4.10. The summed E-state index contributed by atoms with van der Waals surface area (Å²) in [5.74, 6) is 1.17. The summed E-state index contributed by atoms with van der Waals surface area (Å²) in [5.41, 5.74) is 2.52. The zero-order valence-corrected chi connectivity index (χ0v) is 18.6. The summed E-state index contributed by atoms with van der Waals surface area (Å²) in [6.07, 6.45) is 5.29. The lowest BCUT2D eigenvalue weighted by Crippen LogP contribution is -2.50. The first kappa shape index (κ1) is 21.4. The summed E-state index contributed by atoms with van der Waals surface area (Å²) >= 11 is 6.56. The third kappa shape index (κ3) is 4.93. The molecule has 1 saturated carbocycles. The van der Waals surface area contributed by atoms with Crippen molar-refractivity contribution in [3.05, 3.63) is 52.3 Å². The van der Waals surface area contributed by atoms with Crippen LogP contribution < -0.4 is 4.74 Å². The van der Waals surface area contributed by atoms with E-state index in [9.17, 15) is 9.59 Å². The number of piperazine rings is 1. The van der Waals surface area contributed by atoms with Crippen LogP contribution in [0.1, 0.15) is 29.7 Å². The Morgan fingerprint density at radius 3 is 2.58 bits per heavy atom. The Morgan fingerprint density at radius 2 is 1.90 bits per heavy atom. The number of aromatic nitrogens is 2. The molecule has 0 N–H and O–H groups in total. The van der Waals surface area contributed by atoms with E-state index in [0.29, 0.717) is 37.9 Å². The molecule has 31 heavy (non-hydrogen) atoms. The van der Waals surface area contributed by atoms with Crippen LogP contribution >= 0.6 is 11.6 Å². The molecular weight excluding hydrogens is 416 g/mol. The summed E-state index contributed by atoms with van der Waals surface area (Å²) in [6, 6.07) is 7.75. The average molecular weight is 443 g/mol. The number of hydrogen-bond donors (Lipinski definition) is 0. The Morgan fingerprint density at radius 1 is 1.19 bits per heavy atom. The maximum Gasteiger partial charge on any atom is 0.246 e. The van der Waals surface area contributed by atoms with Gasteiger partial charge in [0, 0.05) is 43.7 Å². The van der Waals surface area contributed by atoms with Gasteiger partial charge in [0.1, 0.15) is 10.9 Å². The van der Waals surface area contributed by atoms with Gasteiger partial charge in [-0.15, -0.1) is 0 Å². The quantitative estimate of drug-likeness (QED) is 0.645. The Kier molecular flexibility index (Phi) is 6.32. The summed E-state index contributed by atoms with van der Waals surface area (Å²) in [6.45, 7) is 4.71. The number of ether oxygens (including phenoxy) is 1. The van der Waals surface area contributed by atoms with Crippen molar-refractivity contribution in [2.75, 3.05) is 33.3 Å². The van der Waals surface area contributed by atoms with E-state index in [4.69, 9.17) is 16.3 Å². The van der Waals surface area contributed by atoms with Gasteiger partial charge in [-0.2, -0.15) is 5.10 Å². The Labute approximate surface area is 187 Å². The van der Waals surface area contributed by atoms with Crippen LogP contribution in [0.5, 0.6) is 5.75 Å². The smallest absolute Gasteiger partial charge is 0.246 e. The zero-order chi connectivity index (χ0) is 22.0. The first-order valence-electron chi connectivity index (χ1n) is 10.6. The minimum absolute atomic E-state index is 0.0745. The van der Waals surface area contributed by atoms with Crippen molar-refractivity contribution < 1.29 is 14.3 Å². The molecule has 0 radical (unpaired) electrons. The van der Waals surface area contributed by atoms with Crippen molar-refractivity contribution >= 4 is 29.5 Å². The molecule has 2 heterocycles. The highest BCUT2D eigenvalue weighted by molar-refractivity contribution is 6.31. The standard InChI is InChI=1S/C23H27ClN4O3/c1-16-20(22(24)28(25-16)15-17-4-3-5-19(14-17)31-2)8-9-21(29)26-10-12-27(13-11-26)23(30)18-6-7-18/h3-5,8-9,14,18H,6-7,10-13,15H2,1-2H3/b9-8+. The molecule has 2 amide bonds. The second-order valence-electron chi connectivity index (χ2n) is 8.06. The zero-order valence-electron chi connectivity index (χ0n) is 17.9. The topological polar surface area (TPSA) is 67.7 Å². The first-order chi connectivity index (χ1) is 15.0. The van der Waals surface area contributed by atoms with Crippen LogP contribution in [0.2, 0.25) is 5.15 Å². The van der Waals surface area contributed by atoms with E-state index >= 15 is 0 Å². The predicted molar refractivity (Wildman–Crippen MR) is 119 cm³/mol. The van der Waals surface area contributed by atoms with Gasteiger partial charge in [0.25, 0.3) is 0 Å². The largest absolute Gasteiger partial charge is 0.497 e. The molecule has 7 nitrogen and oxygen atoms in total. The van der Waals surface area contributed by atoms with E-state index in [1.165, 1.54) is 0 Å². The van der Waals surface area contributed by atoms with Crippen molar-refractivity contribution in [3.63, 3.8) is 0 Å². The lowest BCUT2D eigenvalue weighted by Gasteiger charge is -2.34. The fraction of sp³-hybridized carbons (Fsp3) is 0.435. The van der Waals surface area contributed by atoms with Gasteiger partial charge >= 0.3 is 0 Å². The molecule has 4 rings (SSSR count). The van der Waals surface area contributed by atoms with Crippen LogP contribution in [-0.4, -0.2) is 64.7 Å². The third-order valence-corrected chi connectivity index (χ3v) is 6.20. The maximum atomic E-state index is 12.6. The van der Waals surface area contributed by atoms with Crippen LogP contribution in [0.4, 0.5) is 0 Å². The number of methoxy groups -OCH3 is 1. The average Bonchev–Trinajstić information content (AvgIpc) is 3.60. The summed E-state index contributed by atoms with van der Waals surface area (Å²) < 4.78 is 6.99. The lowest BCUT2D eigenvalue weighted by atomic mass is 10.2. The monoisotopic (exact) mass is 442 g/mol. The van der Waals surface area contributed by atoms with Gasteiger partial charge in [-0.25, -0.2) is 4.68 Å². The van der Waals surface area contributed by atoms with Crippen LogP contribution in [0.3, 0.4) is 0 Å². The highest BCUT2D eigenvalue weighted by Crippen LogP contribution is 2.31. The first-order valence-corrected chi connectivity index (χ1v) is 11.0. The molecule has 2 aromatic rings. The van der Waals surface area contributed by atoms with Crippen molar-refractivity contribution in [2.24, 2.45) is 5.92 Å². The van der Waals surface area contributed by atoms with Gasteiger partial charge in [0.2, 0.25) is 11.8 Å². The lowest BCUT2D eigenvalue weighted by molar-refractivity contribution is -0.138. The SMILES string of the molecule is COc1cccc(Cn2nc(C)c(/C=C/C(=O)N3CCN(C(=O)C4CC4)CC3)c2Cl)c1. The molecule has 2 fully saturated rings. The van der Waals surface area contributed by atoms with Gasteiger partial charge < -0.3 is 14.5 Å². The van der Waals surface area contributed by atoms with Crippen molar-refractivity contribution in [1.82, 2.24) is 19.6 Å². The van der Waals surface area contributed by atoms with Crippen LogP contribution in [-0.2, 0) is 16.1 Å². The Bertz CT molecular complexity index is 1000. The summed E-state index contributed by atoms with van der Waals surface area (Å²) in [7, 11) is 1.63. The minimum atomic E-state index is -0.0745. The van der Waals surface area contributed by atoms with E-state index in [1.807, 2.05) is 36.1 Å². The maximum absolute atomic E-state index is 12.6. The number of carbonyl (C=O) groups is 2. The van der Waals surface area contributed by atoms with Gasteiger partial charge in [0.15, 0.2) is 0 Å². The molecule has 1 aliphatic carbocycles. The van der Waals surface area contributed by atoms with Gasteiger partial charge in [-0.3, -0.25) is 9.59 Å². The fourth-order valence-electron chi connectivity index (χ4n) is 3.80. The Hall–Kier alpha value is -2.80. The molecule has 1 saturated heterocycles. The number of carbonyl (C=O) groups excluding carboxylic acids is 2. The number of benzene rings is 1. The molecule has 1 aromatic heterocycles. The van der Waals surface area contributed by atoms with E-state index in [2.05, 4.69) is 5.10 Å². The normalized spacial score (nSPS) is 16.7. The number of halogens is 1. The highest BCUT2D eigenvalue weighted by Gasteiger charge is 2.34. The molecule has 1 aliphatic heterocycles. The molecule has 1 aromatic carbocycles. The second-order valence-corrected chi connectivity index (χ2v) is 8.42. The number of nitrogens with zero attached hydrogens (tertiary/aromatic N) is 4. The number of aryl methyl sites for hydroxylation is 1. The number of hydrogen-bond acceptors (Lipinski definition) is 4. The number of rotatable bonds is 6. The second kappa shape index (κ2) is 9.14. The van der Waals surface area contributed by atoms with E-state index < -0.39 is 0 Å². The molecule has 2 aliphatic rings. The van der Waals surface area contributed by atoms with Crippen LogP contribution in [0.25, 0.3) is 6.08 Å². The third-order valence-electron chi connectivity index (χ3n) is 5.80. The molecule has 0 spiro atoms. The Balaban J connectivity index is 1.38. The molecule has 0 unspecified atom stereocenters. The van der Waals surface area contributed by atoms with Crippen molar-refractivity contribution in [1.29, 1.82) is 0 Å². The van der Waals surface area contributed by atoms with E-state index in [0.717, 1.165) is 35.4 Å². The molecular formula is C23H27ClN4O3.